The summed E-state index contributed by atoms with van der Waals surface area (Å²) in [7, 11) is 1.94. The monoisotopic (exact) mass is 394 g/mol. The Morgan fingerprint density at radius 1 is 1.31 bits per heavy atom. The van der Waals surface area contributed by atoms with Crippen LogP contribution >= 0.6 is 11.6 Å². The van der Waals surface area contributed by atoms with E-state index in [0.717, 1.165) is 25.6 Å². The normalized spacial score (nSPS) is 18.5. The van der Waals surface area contributed by atoms with Crippen LogP contribution in [0.15, 0.2) is 6.20 Å². The van der Waals surface area contributed by atoms with Crippen LogP contribution in [0.2, 0.25) is 5.15 Å². The highest BCUT2D eigenvalue weighted by Gasteiger charge is 2.30. The Balaban J connectivity index is 1.91. The highest BCUT2D eigenvalue weighted by Crippen LogP contribution is 2.30. The van der Waals surface area contributed by atoms with E-state index in [1.165, 1.54) is 0 Å². The van der Waals surface area contributed by atoms with Gasteiger partial charge in [0, 0.05) is 12.2 Å². The van der Waals surface area contributed by atoms with Crippen molar-refractivity contribution in [3.8, 4) is 11.9 Å². The van der Waals surface area contributed by atoms with E-state index >= 15 is 0 Å². The van der Waals surface area contributed by atoms with Gasteiger partial charge < -0.3 is 14.4 Å². The first kappa shape index (κ1) is 18.8. The summed E-state index contributed by atoms with van der Waals surface area (Å²) >= 11 is 5.63. The number of rotatable bonds is 5. The Hall–Kier alpha value is -1.94. The smallest absolute Gasteiger partial charge is 0.422 e. The Morgan fingerprint density at radius 3 is 2.73 bits per heavy atom. The minimum Gasteiger partial charge on any atom is -0.467 e. The van der Waals surface area contributed by atoms with Gasteiger partial charge in [0.25, 0.3) is 0 Å². The van der Waals surface area contributed by atoms with Crippen molar-refractivity contribution in [2.75, 3.05) is 26.8 Å². The van der Waals surface area contributed by atoms with Gasteiger partial charge in [0.05, 0.1) is 5.39 Å². The molecule has 1 aliphatic rings. The van der Waals surface area contributed by atoms with Crippen molar-refractivity contribution >= 4 is 22.5 Å². The molecule has 0 N–H and O–H groups in total. The topological polar surface area (TPSA) is 60.4 Å². The summed E-state index contributed by atoms with van der Waals surface area (Å²) in [6, 6.07) is -0.157. The minimum absolute atomic E-state index is 0.124. The molecule has 1 atom stereocenters. The van der Waals surface area contributed by atoms with Crippen molar-refractivity contribution < 1.29 is 27.0 Å². The summed E-state index contributed by atoms with van der Waals surface area (Å²) in [4.78, 5) is 13.4. The second-order valence-electron chi connectivity index (χ2n) is 5.93. The maximum Gasteiger partial charge on any atom is 0.422 e. The standard InChI is InChI=1S/C15H15ClF4N4O2/c1-24-4-2-3-8(24)6-25-14-22-11-9(5-21-12(16)10(11)17)13(23-14)26-7-15(18,19)20/h5,8H,2-4,6-7H2,1H3/t8-/m0/s1. The zero-order valence-electron chi connectivity index (χ0n) is 13.7. The van der Waals surface area contributed by atoms with Crippen molar-refractivity contribution in [1.29, 1.82) is 0 Å². The Labute approximate surface area is 151 Å². The van der Waals surface area contributed by atoms with E-state index in [9.17, 15) is 17.6 Å². The van der Waals surface area contributed by atoms with Crippen LogP contribution in [0.5, 0.6) is 11.9 Å². The van der Waals surface area contributed by atoms with Gasteiger partial charge in [-0.05, 0) is 26.4 Å². The van der Waals surface area contributed by atoms with Crippen molar-refractivity contribution in [2.45, 2.75) is 25.1 Å². The number of hydrogen-bond acceptors (Lipinski definition) is 6. The summed E-state index contributed by atoms with van der Waals surface area (Å²) in [5.41, 5.74) is -0.313. The maximum atomic E-state index is 14.2. The summed E-state index contributed by atoms with van der Waals surface area (Å²) in [6.07, 6.45) is -1.60. The molecule has 0 unspecified atom stereocenters. The van der Waals surface area contributed by atoms with Crippen molar-refractivity contribution in [3.05, 3.63) is 17.2 Å². The molecule has 1 saturated heterocycles. The lowest BCUT2D eigenvalue weighted by Gasteiger charge is -2.19. The Bertz CT molecular complexity index is 805. The molecule has 2 aromatic heterocycles. The molecule has 6 nitrogen and oxygen atoms in total. The molecule has 0 amide bonds. The van der Waals surface area contributed by atoms with Gasteiger partial charge in [-0.2, -0.15) is 23.1 Å². The van der Waals surface area contributed by atoms with E-state index in [-0.39, 0.29) is 29.6 Å². The molecule has 0 aromatic carbocycles. The molecule has 26 heavy (non-hydrogen) atoms. The van der Waals surface area contributed by atoms with Crippen molar-refractivity contribution in [1.82, 2.24) is 19.9 Å². The molecular weight excluding hydrogens is 380 g/mol. The Morgan fingerprint density at radius 2 is 2.08 bits per heavy atom. The molecule has 0 bridgehead atoms. The van der Waals surface area contributed by atoms with Crippen molar-refractivity contribution in [3.63, 3.8) is 0 Å². The number of nitrogens with zero attached hydrogens (tertiary/aromatic N) is 4. The molecule has 0 saturated carbocycles. The van der Waals surface area contributed by atoms with Crippen LogP contribution in [0.4, 0.5) is 17.6 Å². The lowest BCUT2D eigenvalue weighted by atomic mass is 10.2. The van der Waals surface area contributed by atoms with Gasteiger partial charge in [-0.3, -0.25) is 0 Å². The van der Waals surface area contributed by atoms with Gasteiger partial charge >= 0.3 is 12.2 Å². The molecule has 2 aromatic rings. The molecule has 3 heterocycles. The quantitative estimate of drug-likeness (QED) is 0.573. The number of hydrogen-bond donors (Lipinski definition) is 0. The second kappa shape index (κ2) is 7.36. The number of likely N-dealkylation sites (N-methyl/N-ethyl adjacent to an activating group) is 1. The van der Waals surface area contributed by atoms with Gasteiger partial charge in [0.1, 0.15) is 12.1 Å². The Kier molecular flexibility index (Phi) is 5.33. The summed E-state index contributed by atoms with van der Waals surface area (Å²) < 4.78 is 61.8. The zero-order chi connectivity index (χ0) is 18.9. The van der Waals surface area contributed by atoms with E-state index in [0.29, 0.717) is 0 Å². The van der Waals surface area contributed by atoms with Gasteiger partial charge in [-0.15, -0.1) is 0 Å². The van der Waals surface area contributed by atoms with Gasteiger partial charge in [-0.25, -0.2) is 9.37 Å². The second-order valence-corrected chi connectivity index (χ2v) is 6.29. The minimum atomic E-state index is -4.58. The van der Waals surface area contributed by atoms with Crippen LogP contribution < -0.4 is 9.47 Å². The molecule has 0 spiro atoms. The van der Waals surface area contributed by atoms with Crippen LogP contribution in [-0.2, 0) is 0 Å². The fourth-order valence-corrected chi connectivity index (χ4v) is 2.81. The maximum absolute atomic E-state index is 14.2. The molecule has 0 radical (unpaired) electrons. The number of fused-ring (bicyclic) bond motifs is 1. The molecule has 1 fully saturated rings. The SMILES string of the molecule is CN1CCC[C@H]1COc1nc(OCC(F)(F)F)c2cnc(Cl)c(F)c2n1. The molecular formula is C15H15ClF4N4O2. The van der Waals surface area contributed by atoms with Crippen LogP contribution in [0.3, 0.4) is 0 Å². The van der Waals surface area contributed by atoms with E-state index < -0.39 is 29.6 Å². The fourth-order valence-electron chi connectivity index (χ4n) is 2.67. The number of pyridine rings is 1. The lowest BCUT2D eigenvalue weighted by molar-refractivity contribution is -0.153. The van der Waals surface area contributed by atoms with Gasteiger partial charge in [0.15, 0.2) is 17.6 Å². The fraction of sp³-hybridized carbons (Fsp3) is 0.533. The average molecular weight is 395 g/mol. The highest BCUT2D eigenvalue weighted by molar-refractivity contribution is 6.30. The summed E-state index contributed by atoms with van der Waals surface area (Å²) in [6.45, 7) is -0.447. The van der Waals surface area contributed by atoms with Crippen LogP contribution in [0, 0.1) is 5.82 Å². The van der Waals surface area contributed by atoms with Gasteiger partial charge in [0.2, 0.25) is 5.88 Å². The summed E-state index contributed by atoms with van der Waals surface area (Å²) in [5.74, 6) is -1.45. The highest BCUT2D eigenvalue weighted by atomic mass is 35.5. The predicted octanol–water partition coefficient (Wildman–Crippen LogP) is 3.23. The summed E-state index contributed by atoms with van der Waals surface area (Å²) in [5, 5.41) is -0.582. The van der Waals surface area contributed by atoms with Crippen LogP contribution in [0.25, 0.3) is 10.9 Å². The third kappa shape index (κ3) is 4.24. The van der Waals surface area contributed by atoms with E-state index in [1.54, 1.807) is 0 Å². The zero-order valence-corrected chi connectivity index (χ0v) is 14.4. The molecule has 11 heteroatoms. The van der Waals surface area contributed by atoms with Crippen molar-refractivity contribution in [2.24, 2.45) is 0 Å². The third-order valence-electron chi connectivity index (χ3n) is 4.04. The van der Waals surface area contributed by atoms with Crippen LogP contribution in [-0.4, -0.2) is 58.9 Å². The molecule has 142 valence electrons. The number of alkyl halides is 3. The molecule has 1 aliphatic heterocycles. The lowest BCUT2D eigenvalue weighted by Crippen LogP contribution is -2.31. The first-order valence-corrected chi connectivity index (χ1v) is 8.17. The number of halogens is 5. The van der Waals surface area contributed by atoms with E-state index in [1.807, 2.05) is 7.05 Å². The number of aromatic nitrogens is 3. The first-order valence-electron chi connectivity index (χ1n) is 7.79. The van der Waals surface area contributed by atoms with Crippen LogP contribution in [0.1, 0.15) is 12.8 Å². The number of ether oxygens (including phenoxy) is 2. The first-order chi connectivity index (χ1) is 12.2. The van der Waals surface area contributed by atoms with E-state index in [4.69, 9.17) is 21.1 Å². The number of likely N-dealkylation sites (tertiary alicyclic amines) is 1. The van der Waals surface area contributed by atoms with Gasteiger partial charge in [-0.1, -0.05) is 11.6 Å². The largest absolute Gasteiger partial charge is 0.467 e. The predicted molar refractivity (Wildman–Crippen MR) is 85.0 cm³/mol. The average Bonchev–Trinajstić information content (AvgIpc) is 2.99. The van der Waals surface area contributed by atoms with E-state index in [2.05, 4.69) is 19.9 Å². The third-order valence-corrected chi connectivity index (χ3v) is 4.30. The molecule has 0 aliphatic carbocycles. The molecule has 3 rings (SSSR count).